The smallest absolute Gasteiger partial charge is 0.384 e. The lowest BCUT2D eigenvalue weighted by molar-refractivity contribution is -0.138. The van der Waals surface area contributed by atoms with Crippen molar-refractivity contribution in [2.75, 3.05) is 45.8 Å². The molecular weight excluding hydrogens is 299 g/mol. The molecule has 0 saturated carbocycles. The maximum Gasteiger partial charge on any atom is 0.416 e. The van der Waals surface area contributed by atoms with Crippen LogP contribution >= 0.6 is 0 Å². The van der Waals surface area contributed by atoms with Crippen molar-refractivity contribution in [3.05, 3.63) is 33.7 Å². The summed E-state index contributed by atoms with van der Waals surface area (Å²) in [6.07, 6.45) is -3.04. The summed E-state index contributed by atoms with van der Waals surface area (Å²) in [5.41, 5.74) is 1.11. The summed E-state index contributed by atoms with van der Waals surface area (Å²) >= 11 is 0. The van der Waals surface area contributed by atoms with Crippen LogP contribution in [-0.4, -0.2) is 50.0 Å². The Morgan fingerprint density at radius 2 is 2.09 bits per heavy atom. The number of halogens is 3. The van der Waals surface area contributed by atoms with Crippen molar-refractivity contribution in [1.29, 1.82) is 0 Å². The van der Waals surface area contributed by atoms with E-state index < -0.39 is 17.3 Å². The van der Waals surface area contributed by atoms with Crippen molar-refractivity contribution in [1.82, 2.24) is 9.58 Å². The van der Waals surface area contributed by atoms with Crippen molar-refractivity contribution < 1.29 is 17.9 Å². The lowest BCUT2D eigenvalue weighted by Gasteiger charge is -2.39. The fourth-order valence-corrected chi connectivity index (χ4v) is 2.69. The number of methoxy groups -OCH3 is 1. The summed E-state index contributed by atoms with van der Waals surface area (Å²) < 4.78 is 45.3. The molecule has 5 nitrogen and oxygen atoms in total. The minimum Gasteiger partial charge on any atom is -0.384 e. The maximum atomic E-state index is 13.0. The lowest BCUT2D eigenvalue weighted by Crippen LogP contribution is -2.49. The number of ether oxygens (including phenoxy) is 1. The van der Waals surface area contributed by atoms with Gasteiger partial charge in [-0.1, -0.05) is 0 Å². The van der Waals surface area contributed by atoms with Gasteiger partial charge in [0.05, 0.1) is 12.2 Å². The van der Waals surface area contributed by atoms with Gasteiger partial charge in [-0.2, -0.15) is 13.2 Å². The van der Waals surface area contributed by atoms with E-state index in [1.165, 1.54) is 13.2 Å². The van der Waals surface area contributed by atoms with Gasteiger partial charge in [-0.05, 0) is 12.0 Å². The second-order valence-electron chi connectivity index (χ2n) is 5.47. The molecule has 1 fully saturated rings. The third kappa shape index (κ3) is 3.80. The highest BCUT2D eigenvalue weighted by molar-refractivity contribution is 5.27. The van der Waals surface area contributed by atoms with Crippen LogP contribution in [0.1, 0.15) is 11.1 Å². The third-order valence-electron chi connectivity index (χ3n) is 3.81. The molecule has 22 heavy (non-hydrogen) atoms. The highest BCUT2D eigenvalue weighted by Crippen LogP contribution is 2.31. The van der Waals surface area contributed by atoms with E-state index in [1.54, 1.807) is 7.11 Å². The molecule has 0 unspecified atom stereocenters. The Kier molecular flexibility index (Phi) is 5.12. The van der Waals surface area contributed by atoms with E-state index in [-0.39, 0.29) is 12.0 Å². The van der Waals surface area contributed by atoms with Gasteiger partial charge >= 0.3 is 6.18 Å². The number of pyridine rings is 1. The molecule has 1 N–H and O–H groups in total. The summed E-state index contributed by atoms with van der Waals surface area (Å²) in [5.74, 6) is 0.457. The van der Waals surface area contributed by atoms with Crippen molar-refractivity contribution in [3.8, 4) is 0 Å². The SMILES string of the molecule is CNn1cc(CCN2CC(COC)C2)c(C(F)(F)F)cc1=O. The molecule has 0 spiro atoms. The number of likely N-dealkylation sites (tertiary alicyclic amines) is 1. The zero-order chi connectivity index (χ0) is 16.3. The first kappa shape index (κ1) is 16.8. The maximum absolute atomic E-state index is 13.0. The lowest BCUT2D eigenvalue weighted by atomic mass is 9.99. The first-order valence-electron chi connectivity index (χ1n) is 7.07. The number of rotatable bonds is 6. The summed E-state index contributed by atoms with van der Waals surface area (Å²) in [6.45, 7) is 2.88. The molecule has 0 radical (unpaired) electrons. The Morgan fingerprint density at radius 1 is 1.41 bits per heavy atom. The Balaban J connectivity index is 2.07. The predicted octanol–water partition coefficient (Wildman–Crippen LogP) is 1.16. The van der Waals surface area contributed by atoms with Crippen molar-refractivity contribution in [3.63, 3.8) is 0 Å². The van der Waals surface area contributed by atoms with Gasteiger partial charge < -0.3 is 15.1 Å². The number of hydrogen-bond donors (Lipinski definition) is 1. The van der Waals surface area contributed by atoms with E-state index in [2.05, 4.69) is 10.3 Å². The Morgan fingerprint density at radius 3 is 2.64 bits per heavy atom. The molecule has 0 bridgehead atoms. The molecular formula is C14H20F3N3O2. The van der Waals surface area contributed by atoms with Crippen molar-refractivity contribution in [2.24, 2.45) is 5.92 Å². The summed E-state index contributed by atoms with van der Waals surface area (Å²) in [6, 6.07) is 0.648. The van der Waals surface area contributed by atoms with E-state index in [9.17, 15) is 18.0 Å². The van der Waals surface area contributed by atoms with Gasteiger partial charge in [-0.15, -0.1) is 0 Å². The van der Waals surface area contributed by atoms with Gasteiger partial charge in [0.15, 0.2) is 0 Å². The Bertz CT molecular complexity index is 565. The molecule has 0 aliphatic carbocycles. The molecule has 124 valence electrons. The highest BCUT2D eigenvalue weighted by Gasteiger charge is 2.34. The van der Waals surface area contributed by atoms with E-state index in [4.69, 9.17) is 4.74 Å². The zero-order valence-corrected chi connectivity index (χ0v) is 12.6. The van der Waals surface area contributed by atoms with Gasteiger partial charge in [0.1, 0.15) is 0 Å². The molecule has 0 amide bonds. The molecule has 1 aromatic heterocycles. The molecule has 8 heteroatoms. The fraction of sp³-hybridized carbons (Fsp3) is 0.643. The van der Waals surface area contributed by atoms with Crippen molar-refractivity contribution in [2.45, 2.75) is 12.6 Å². The molecule has 1 saturated heterocycles. The van der Waals surface area contributed by atoms with Crippen LogP contribution in [0.3, 0.4) is 0 Å². The Labute approximate surface area is 126 Å². The molecule has 1 aliphatic rings. The number of aromatic nitrogens is 1. The molecule has 0 atom stereocenters. The average Bonchev–Trinajstić information content (AvgIpc) is 2.40. The van der Waals surface area contributed by atoms with Crippen LogP contribution in [-0.2, 0) is 17.3 Å². The third-order valence-corrected chi connectivity index (χ3v) is 3.81. The quantitative estimate of drug-likeness (QED) is 0.855. The standard InChI is InChI=1S/C14H20F3N3O2/c1-18-20-8-11(12(5-13(20)21)14(15,16)17)3-4-19-6-10(7-19)9-22-2/h5,8,10,18H,3-4,6-7,9H2,1-2H3. The largest absolute Gasteiger partial charge is 0.416 e. The van der Waals surface area contributed by atoms with E-state index >= 15 is 0 Å². The first-order chi connectivity index (χ1) is 10.3. The summed E-state index contributed by atoms with van der Waals surface area (Å²) in [7, 11) is 3.13. The van der Waals surface area contributed by atoms with E-state index in [0.717, 1.165) is 17.8 Å². The minimum atomic E-state index is -4.52. The zero-order valence-electron chi connectivity index (χ0n) is 12.6. The van der Waals surface area contributed by atoms with Gasteiger partial charge in [0, 0.05) is 52.0 Å². The first-order valence-corrected chi connectivity index (χ1v) is 7.07. The van der Waals surface area contributed by atoms with Crippen LogP contribution in [0.15, 0.2) is 17.1 Å². The van der Waals surface area contributed by atoms with Crippen LogP contribution in [0.25, 0.3) is 0 Å². The Hall–Kier alpha value is -1.54. The van der Waals surface area contributed by atoms with Crippen LogP contribution in [0, 0.1) is 5.92 Å². The molecule has 2 heterocycles. The number of nitrogens with one attached hydrogen (secondary N) is 1. The molecule has 2 rings (SSSR count). The second kappa shape index (κ2) is 6.70. The number of alkyl halides is 3. The van der Waals surface area contributed by atoms with Gasteiger partial charge in [-0.3, -0.25) is 4.79 Å². The topological polar surface area (TPSA) is 46.5 Å². The second-order valence-corrected chi connectivity index (χ2v) is 5.47. The number of nitrogens with zero attached hydrogens (tertiary/aromatic N) is 2. The van der Waals surface area contributed by atoms with E-state index in [1.807, 2.05) is 0 Å². The van der Waals surface area contributed by atoms with Crippen LogP contribution in [0.5, 0.6) is 0 Å². The molecule has 1 aromatic rings. The van der Waals surface area contributed by atoms with Crippen LogP contribution in [0.2, 0.25) is 0 Å². The molecule has 1 aliphatic heterocycles. The fourth-order valence-electron chi connectivity index (χ4n) is 2.69. The molecule has 0 aromatic carbocycles. The average molecular weight is 319 g/mol. The van der Waals surface area contributed by atoms with Gasteiger partial charge in [0.2, 0.25) is 0 Å². The summed E-state index contributed by atoms with van der Waals surface area (Å²) in [5, 5.41) is 0. The van der Waals surface area contributed by atoms with Crippen molar-refractivity contribution >= 4 is 0 Å². The predicted molar refractivity (Wildman–Crippen MR) is 76.5 cm³/mol. The number of hydrogen-bond acceptors (Lipinski definition) is 4. The van der Waals surface area contributed by atoms with Crippen LogP contribution in [0.4, 0.5) is 13.2 Å². The summed E-state index contributed by atoms with van der Waals surface area (Å²) in [4.78, 5) is 13.6. The highest BCUT2D eigenvalue weighted by atomic mass is 19.4. The minimum absolute atomic E-state index is 0.122. The van der Waals surface area contributed by atoms with Crippen LogP contribution < -0.4 is 11.0 Å². The van der Waals surface area contributed by atoms with Gasteiger partial charge in [-0.25, -0.2) is 4.68 Å². The van der Waals surface area contributed by atoms with Gasteiger partial charge in [0.25, 0.3) is 5.56 Å². The monoisotopic (exact) mass is 319 g/mol. The normalized spacial score (nSPS) is 16.6. The van der Waals surface area contributed by atoms with E-state index in [0.29, 0.717) is 25.1 Å².